The van der Waals surface area contributed by atoms with Crippen LogP contribution in [-0.4, -0.2) is 27.7 Å². The molecule has 0 spiro atoms. The SMILES string of the molecule is Cc1cc(OCC=O)nc2c1c(C(C)C)nn2C. The van der Waals surface area contributed by atoms with E-state index in [2.05, 4.69) is 23.9 Å². The highest BCUT2D eigenvalue weighted by Gasteiger charge is 2.16. The summed E-state index contributed by atoms with van der Waals surface area (Å²) >= 11 is 0. The first kappa shape index (κ1) is 12.5. The summed E-state index contributed by atoms with van der Waals surface area (Å²) in [6.07, 6.45) is 0.712. The number of rotatable bonds is 4. The summed E-state index contributed by atoms with van der Waals surface area (Å²) in [5.74, 6) is 0.807. The largest absolute Gasteiger partial charge is 0.470 e. The van der Waals surface area contributed by atoms with Crippen molar-refractivity contribution < 1.29 is 9.53 Å². The van der Waals surface area contributed by atoms with Gasteiger partial charge in [-0.3, -0.25) is 9.48 Å². The third-order valence-corrected chi connectivity index (χ3v) is 2.84. The second-order valence-corrected chi connectivity index (χ2v) is 4.62. The van der Waals surface area contributed by atoms with Crippen molar-refractivity contribution in [3.8, 4) is 5.88 Å². The summed E-state index contributed by atoms with van der Waals surface area (Å²) in [5, 5.41) is 5.58. The maximum atomic E-state index is 10.3. The Kier molecular flexibility index (Phi) is 3.32. The van der Waals surface area contributed by atoms with Crippen LogP contribution in [0.25, 0.3) is 11.0 Å². The van der Waals surface area contributed by atoms with Crippen LogP contribution in [0.4, 0.5) is 0 Å². The monoisotopic (exact) mass is 247 g/mol. The number of aryl methyl sites for hydroxylation is 2. The Morgan fingerprint density at radius 1 is 1.50 bits per heavy atom. The van der Waals surface area contributed by atoms with Crippen LogP contribution in [0.5, 0.6) is 5.88 Å². The highest BCUT2D eigenvalue weighted by atomic mass is 16.5. The third-order valence-electron chi connectivity index (χ3n) is 2.84. The van der Waals surface area contributed by atoms with E-state index in [1.165, 1.54) is 0 Å². The van der Waals surface area contributed by atoms with Crippen molar-refractivity contribution in [1.82, 2.24) is 14.8 Å². The Morgan fingerprint density at radius 3 is 2.83 bits per heavy atom. The standard InChI is InChI=1S/C13H17N3O2/c1-8(2)12-11-9(3)7-10(18-6-5-17)14-13(11)16(4)15-12/h5,7-8H,6H2,1-4H3. The molecule has 2 heterocycles. The number of aldehydes is 1. The van der Waals surface area contributed by atoms with E-state index >= 15 is 0 Å². The summed E-state index contributed by atoms with van der Waals surface area (Å²) < 4.78 is 7.00. The molecule has 0 bridgehead atoms. The fraction of sp³-hybridized carbons (Fsp3) is 0.462. The maximum absolute atomic E-state index is 10.3. The number of carbonyl (C=O) groups is 1. The normalized spacial score (nSPS) is 11.2. The summed E-state index contributed by atoms with van der Waals surface area (Å²) in [4.78, 5) is 14.7. The van der Waals surface area contributed by atoms with Gasteiger partial charge in [0, 0.05) is 18.5 Å². The van der Waals surface area contributed by atoms with Crippen LogP contribution in [0.1, 0.15) is 31.0 Å². The molecule has 96 valence electrons. The Balaban J connectivity index is 2.59. The molecule has 2 aromatic rings. The van der Waals surface area contributed by atoms with Gasteiger partial charge in [0.1, 0.15) is 6.61 Å². The van der Waals surface area contributed by atoms with Gasteiger partial charge in [-0.1, -0.05) is 13.8 Å². The van der Waals surface area contributed by atoms with Gasteiger partial charge in [-0.15, -0.1) is 0 Å². The smallest absolute Gasteiger partial charge is 0.215 e. The first-order chi connectivity index (χ1) is 8.54. The Morgan fingerprint density at radius 2 is 2.22 bits per heavy atom. The van der Waals surface area contributed by atoms with Gasteiger partial charge in [-0.05, 0) is 18.4 Å². The Labute approximate surface area is 106 Å². The molecule has 0 aliphatic rings. The van der Waals surface area contributed by atoms with E-state index in [0.29, 0.717) is 18.1 Å². The average Bonchev–Trinajstić information content (AvgIpc) is 2.65. The lowest BCUT2D eigenvalue weighted by molar-refractivity contribution is -0.109. The predicted molar refractivity (Wildman–Crippen MR) is 68.9 cm³/mol. The molecule has 0 radical (unpaired) electrons. The Hall–Kier alpha value is -1.91. The summed E-state index contributed by atoms with van der Waals surface area (Å²) in [6.45, 7) is 6.24. The van der Waals surface area contributed by atoms with Crippen LogP contribution in [0.15, 0.2) is 6.07 Å². The Bertz CT molecular complexity index is 587. The lowest BCUT2D eigenvalue weighted by Gasteiger charge is -2.06. The second-order valence-electron chi connectivity index (χ2n) is 4.62. The van der Waals surface area contributed by atoms with E-state index in [0.717, 1.165) is 22.3 Å². The second kappa shape index (κ2) is 4.76. The molecule has 2 rings (SSSR count). The van der Waals surface area contributed by atoms with Crippen molar-refractivity contribution in [1.29, 1.82) is 0 Å². The molecule has 18 heavy (non-hydrogen) atoms. The summed E-state index contributed by atoms with van der Waals surface area (Å²) in [7, 11) is 1.87. The first-order valence-corrected chi connectivity index (χ1v) is 5.95. The van der Waals surface area contributed by atoms with Gasteiger partial charge >= 0.3 is 0 Å². The van der Waals surface area contributed by atoms with Crippen molar-refractivity contribution >= 4 is 17.3 Å². The first-order valence-electron chi connectivity index (χ1n) is 5.95. The van der Waals surface area contributed by atoms with Crippen molar-refractivity contribution in [2.75, 3.05) is 6.61 Å². The van der Waals surface area contributed by atoms with E-state index in [9.17, 15) is 4.79 Å². The van der Waals surface area contributed by atoms with Crippen molar-refractivity contribution in [3.63, 3.8) is 0 Å². The molecule has 0 amide bonds. The van der Waals surface area contributed by atoms with E-state index in [1.807, 2.05) is 20.0 Å². The van der Waals surface area contributed by atoms with Crippen LogP contribution < -0.4 is 4.74 Å². The average molecular weight is 247 g/mol. The maximum Gasteiger partial charge on any atom is 0.215 e. The molecule has 0 aromatic carbocycles. The topological polar surface area (TPSA) is 57.0 Å². The van der Waals surface area contributed by atoms with Crippen LogP contribution in [-0.2, 0) is 11.8 Å². The molecule has 2 aromatic heterocycles. The molecule has 0 aliphatic heterocycles. The molecule has 5 heteroatoms. The van der Waals surface area contributed by atoms with Gasteiger partial charge in [-0.25, -0.2) is 0 Å². The molecule has 0 unspecified atom stereocenters. The van der Waals surface area contributed by atoms with E-state index in [4.69, 9.17) is 4.74 Å². The number of ether oxygens (including phenoxy) is 1. The van der Waals surface area contributed by atoms with Gasteiger partial charge in [-0.2, -0.15) is 10.1 Å². The van der Waals surface area contributed by atoms with E-state index in [1.54, 1.807) is 4.68 Å². The molecular formula is C13H17N3O2. The van der Waals surface area contributed by atoms with Crippen LogP contribution in [0.3, 0.4) is 0 Å². The number of fused-ring (bicyclic) bond motifs is 1. The lowest BCUT2D eigenvalue weighted by atomic mass is 10.0. The van der Waals surface area contributed by atoms with E-state index in [-0.39, 0.29) is 6.61 Å². The van der Waals surface area contributed by atoms with Gasteiger partial charge in [0.15, 0.2) is 11.9 Å². The quantitative estimate of drug-likeness (QED) is 0.775. The molecule has 0 aliphatic carbocycles. The minimum absolute atomic E-state index is 0.0207. The van der Waals surface area contributed by atoms with Crippen LogP contribution >= 0.6 is 0 Å². The number of carbonyl (C=O) groups excluding carboxylic acids is 1. The van der Waals surface area contributed by atoms with Crippen molar-refractivity contribution in [3.05, 3.63) is 17.3 Å². The fourth-order valence-corrected chi connectivity index (χ4v) is 2.03. The highest BCUT2D eigenvalue weighted by Crippen LogP contribution is 2.28. The zero-order chi connectivity index (χ0) is 13.3. The molecule has 5 nitrogen and oxygen atoms in total. The lowest BCUT2D eigenvalue weighted by Crippen LogP contribution is -2.01. The number of hydrogen-bond acceptors (Lipinski definition) is 4. The summed E-state index contributed by atoms with van der Waals surface area (Å²) in [6, 6.07) is 1.85. The van der Waals surface area contributed by atoms with Gasteiger partial charge in [0.2, 0.25) is 5.88 Å². The van der Waals surface area contributed by atoms with Gasteiger partial charge < -0.3 is 4.74 Å². The molecule has 0 saturated heterocycles. The zero-order valence-corrected chi connectivity index (χ0v) is 11.1. The van der Waals surface area contributed by atoms with Crippen LogP contribution in [0, 0.1) is 6.92 Å². The van der Waals surface area contributed by atoms with Crippen molar-refractivity contribution in [2.45, 2.75) is 26.7 Å². The van der Waals surface area contributed by atoms with E-state index < -0.39 is 0 Å². The number of hydrogen-bond donors (Lipinski definition) is 0. The molecule has 0 atom stereocenters. The molecule has 0 fully saturated rings. The minimum atomic E-state index is 0.0207. The molecule has 0 N–H and O–H groups in total. The summed E-state index contributed by atoms with van der Waals surface area (Å²) in [5.41, 5.74) is 2.90. The van der Waals surface area contributed by atoms with Crippen molar-refractivity contribution in [2.24, 2.45) is 7.05 Å². The minimum Gasteiger partial charge on any atom is -0.470 e. The third kappa shape index (κ3) is 2.08. The molecule has 0 saturated carbocycles. The number of aromatic nitrogens is 3. The highest BCUT2D eigenvalue weighted by molar-refractivity contribution is 5.83. The van der Waals surface area contributed by atoms with Gasteiger partial charge in [0.05, 0.1) is 5.69 Å². The predicted octanol–water partition coefficient (Wildman–Crippen LogP) is 1.98. The number of pyridine rings is 1. The fourth-order valence-electron chi connectivity index (χ4n) is 2.03. The number of nitrogens with zero attached hydrogens (tertiary/aromatic N) is 3. The van der Waals surface area contributed by atoms with Crippen LogP contribution in [0.2, 0.25) is 0 Å². The molecular weight excluding hydrogens is 230 g/mol. The zero-order valence-electron chi connectivity index (χ0n) is 11.1. The van der Waals surface area contributed by atoms with Gasteiger partial charge in [0.25, 0.3) is 0 Å².